The third kappa shape index (κ3) is 6.19. The first-order valence-corrected chi connectivity index (χ1v) is 11.0. The maximum atomic E-state index is 5.73. The maximum absolute atomic E-state index is 5.73. The van der Waals surface area contributed by atoms with E-state index in [-0.39, 0.29) is 36.1 Å². The van der Waals surface area contributed by atoms with Crippen molar-refractivity contribution in [3.05, 3.63) is 35.8 Å². The van der Waals surface area contributed by atoms with Gasteiger partial charge in [0.15, 0.2) is 11.8 Å². The summed E-state index contributed by atoms with van der Waals surface area (Å²) in [4.78, 5) is 12.0. The maximum Gasteiger partial charge on any atom is 0.191 e. The molecule has 10 heteroatoms. The van der Waals surface area contributed by atoms with Crippen LogP contribution in [0.3, 0.4) is 0 Å². The molecule has 172 valence electrons. The molecule has 4 rings (SSSR count). The van der Waals surface area contributed by atoms with Gasteiger partial charge >= 0.3 is 0 Å². The van der Waals surface area contributed by atoms with Gasteiger partial charge in [-0.3, -0.25) is 9.89 Å². The predicted molar refractivity (Wildman–Crippen MR) is 130 cm³/mol. The number of likely N-dealkylation sites (tertiary alicyclic amines) is 1. The number of aryl methyl sites for hydroxylation is 1. The highest BCUT2D eigenvalue weighted by molar-refractivity contribution is 14.0. The third-order valence-corrected chi connectivity index (χ3v) is 5.74. The first kappa shape index (κ1) is 24.0. The molecular formula is C21H34IN7O2. The number of hydrogen-bond donors (Lipinski definition) is 2. The normalized spacial score (nSPS) is 20.2. The van der Waals surface area contributed by atoms with Gasteiger partial charge < -0.3 is 19.8 Å². The van der Waals surface area contributed by atoms with Crippen LogP contribution < -0.4 is 10.6 Å². The van der Waals surface area contributed by atoms with Crippen molar-refractivity contribution in [2.24, 2.45) is 4.99 Å². The van der Waals surface area contributed by atoms with Crippen LogP contribution in [0.15, 0.2) is 27.8 Å². The minimum atomic E-state index is 0. The van der Waals surface area contributed by atoms with E-state index < -0.39 is 0 Å². The van der Waals surface area contributed by atoms with Crippen molar-refractivity contribution in [3.63, 3.8) is 0 Å². The molecule has 1 saturated heterocycles. The molecule has 0 bridgehead atoms. The average molecular weight is 543 g/mol. The van der Waals surface area contributed by atoms with E-state index in [1.165, 1.54) is 12.8 Å². The van der Waals surface area contributed by atoms with Crippen molar-refractivity contribution >= 4 is 29.9 Å². The monoisotopic (exact) mass is 543 g/mol. The van der Waals surface area contributed by atoms with Crippen LogP contribution in [0.4, 0.5) is 0 Å². The number of nitrogens with zero attached hydrogens (tertiary/aromatic N) is 5. The zero-order valence-electron chi connectivity index (χ0n) is 18.4. The molecule has 0 amide bonds. The molecule has 2 atom stereocenters. The number of aliphatic imine (C=N–C) groups is 1. The molecule has 0 spiro atoms. The van der Waals surface area contributed by atoms with E-state index in [2.05, 4.69) is 38.6 Å². The predicted octanol–water partition coefficient (Wildman–Crippen LogP) is 2.34. The molecule has 0 radical (unpaired) electrons. The molecule has 2 N–H and O–H groups in total. The molecule has 2 aromatic heterocycles. The fraction of sp³-hybridized carbons (Fsp3) is 0.667. The number of methoxy groups -OCH3 is 1. The number of ether oxygens (including phenoxy) is 1. The number of guanidine groups is 1. The van der Waals surface area contributed by atoms with E-state index in [0.29, 0.717) is 13.2 Å². The second-order valence-electron chi connectivity index (χ2n) is 7.93. The molecular weight excluding hydrogens is 509 g/mol. The molecule has 2 aliphatic rings. The summed E-state index contributed by atoms with van der Waals surface area (Å²) in [6.07, 6.45) is 6.14. The van der Waals surface area contributed by atoms with Crippen molar-refractivity contribution in [1.82, 2.24) is 30.3 Å². The van der Waals surface area contributed by atoms with E-state index in [1.807, 2.05) is 10.7 Å². The summed E-state index contributed by atoms with van der Waals surface area (Å²) in [5.41, 5.74) is 0. The van der Waals surface area contributed by atoms with E-state index in [9.17, 15) is 0 Å². The van der Waals surface area contributed by atoms with Crippen LogP contribution in [-0.2, 0) is 24.3 Å². The summed E-state index contributed by atoms with van der Waals surface area (Å²) in [7, 11) is 1.67. The molecule has 0 aliphatic carbocycles. The minimum absolute atomic E-state index is 0. The average Bonchev–Trinajstić information content (AvgIpc) is 3.50. The van der Waals surface area contributed by atoms with Gasteiger partial charge in [-0.05, 0) is 51.4 Å². The van der Waals surface area contributed by atoms with E-state index in [0.717, 1.165) is 62.4 Å². The van der Waals surface area contributed by atoms with Gasteiger partial charge in [0.2, 0.25) is 0 Å². The van der Waals surface area contributed by atoms with Gasteiger partial charge in [-0.15, -0.1) is 24.0 Å². The highest BCUT2D eigenvalue weighted by Crippen LogP contribution is 2.25. The Bertz CT molecular complexity index is 818. The van der Waals surface area contributed by atoms with Crippen LogP contribution in [0.25, 0.3) is 0 Å². The summed E-state index contributed by atoms with van der Waals surface area (Å²) < 4.78 is 12.9. The first-order valence-electron chi connectivity index (χ1n) is 11.0. The molecule has 2 aliphatic heterocycles. The van der Waals surface area contributed by atoms with Crippen molar-refractivity contribution in [3.8, 4) is 0 Å². The van der Waals surface area contributed by atoms with Gasteiger partial charge in [-0.2, -0.15) is 5.10 Å². The molecule has 1 fully saturated rings. The minimum Gasteiger partial charge on any atom is -0.468 e. The summed E-state index contributed by atoms with van der Waals surface area (Å²) in [5, 5.41) is 11.6. The third-order valence-electron chi connectivity index (χ3n) is 5.74. The topological polar surface area (TPSA) is 92.7 Å². The van der Waals surface area contributed by atoms with Crippen LogP contribution in [0.2, 0.25) is 0 Å². The van der Waals surface area contributed by atoms with E-state index >= 15 is 0 Å². The van der Waals surface area contributed by atoms with Crippen molar-refractivity contribution < 1.29 is 9.15 Å². The lowest BCUT2D eigenvalue weighted by Gasteiger charge is -2.27. The summed E-state index contributed by atoms with van der Waals surface area (Å²) >= 11 is 0. The Kier molecular flexibility index (Phi) is 9.15. The van der Waals surface area contributed by atoms with E-state index in [4.69, 9.17) is 14.1 Å². The van der Waals surface area contributed by atoms with Crippen molar-refractivity contribution in [2.75, 3.05) is 33.3 Å². The fourth-order valence-corrected chi connectivity index (χ4v) is 4.28. The fourth-order valence-electron chi connectivity index (χ4n) is 4.28. The van der Waals surface area contributed by atoms with Crippen molar-refractivity contribution in [1.29, 1.82) is 0 Å². The van der Waals surface area contributed by atoms with Crippen LogP contribution >= 0.6 is 24.0 Å². The Balaban J connectivity index is 0.00000272. The van der Waals surface area contributed by atoms with Gasteiger partial charge in [0.1, 0.15) is 18.2 Å². The standard InChI is InChI=1S/C21H33N7O2.HI/c1-3-22-21(23-13-17(18-7-6-12-30-18)27-10-4-5-11-27)24-16-8-9-20-25-19(15-29-2)26-28(20)14-16;/h6-7,12,16-17H,3-5,8-11,13-15H2,1-2H3,(H2,22,23,24);1H. The first-order chi connectivity index (χ1) is 14.8. The van der Waals surface area contributed by atoms with Crippen LogP contribution in [0.5, 0.6) is 0 Å². The lowest BCUT2D eigenvalue weighted by molar-refractivity contribution is 0.177. The molecule has 0 saturated carbocycles. The van der Waals surface area contributed by atoms with Crippen LogP contribution in [-0.4, -0.2) is 65.0 Å². The lowest BCUT2D eigenvalue weighted by atomic mass is 10.1. The Hall–Kier alpha value is -1.66. The second kappa shape index (κ2) is 11.8. The zero-order chi connectivity index (χ0) is 20.8. The van der Waals surface area contributed by atoms with Crippen LogP contribution in [0.1, 0.15) is 49.6 Å². The SMILES string of the molecule is CCNC(=NCC(c1ccco1)N1CCCC1)NC1CCc2nc(COC)nn2C1.I. The number of halogens is 1. The second-order valence-corrected chi connectivity index (χ2v) is 7.93. The summed E-state index contributed by atoms with van der Waals surface area (Å²) in [6.45, 7) is 7.02. The molecule has 31 heavy (non-hydrogen) atoms. The Labute approximate surface area is 201 Å². The summed E-state index contributed by atoms with van der Waals surface area (Å²) in [6, 6.07) is 4.47. The number of hydrogen-bond acceptors (Lipinski definition) is 6. The van der Waals surface area contributed by atoms with Gasteiger partial charge in [0.25, 0.3) is 0 Å². The van der Waals surface area contributed by atoms with E-state index in [1.54, 1.807) is 13.4 Å². The number of furan rings is 1. The Morgan fingerprint density at radius 1 is 1.39 bits per heavy atom. The molecule has 2 unspecified atom stereocenters. The number of aromatic nitrogens is 3. The molecule has 9 nitrogen and oxygen atoms in total. The summed E-state index contributed by atoms with van der Waals surface area (Å²) in [5.74, 6) is 3.63. The number of nitrogens with one attached hydrogen (secondary N) is 2. The Morgan fingerprint density at radius 3 is 2.94 bits per heavy atom. The lowest BCUT2D eigenvalue weighted by Crippen LogP contribution is -2.47. The van der Waals surface area contributed by atoms with Gasteiger partial charge in [-0.1, -0.05) is 0 Å². The number of rotatable bonds is 8. The van der Waals surface area contributed by atoms with Crippen LogP contribution in [0, 0.1) is 0 Å². The molecule has 0 aromatic carbocycles. The zero-order valence-corrected chi connectivity index (χ0v) is 20.7. The van der Waals surface area contributed by atoms with Gasteiger partial charge in [0.05, 0.1) is 25.4 Å². The number of fused-ring (bicyclic) bond motifs is 1. The quantitative estimate of drug-likeness (QED) is 0.300. The van der Waals surface area contributed by atoms with Gasteiger partial charge in [0, 0.05) is 26.1 Å². The Morgan fingerprint density at radius 2 is 2.23 bits per heavy atom. The highest BCUT2D eigenvalue weighted by atomic mass is 127. The molecule has 2 aromatic rings. The molecule has 4 heterocycles. The largest absolute Gasteiger partial charge is 0.468 e. The highest BCUT2D eigenvalue weighted by Gasteiger charge is 2.26. The van der Waals surface area contributed by atoms with Gasteiger partial charge in [-0.25, -0.2) is 9.67 Å². The smallest absolute Gasteiger partial charge is 0.191 e. The van der Waals surface area contributed by atoms with Crippen molar-refractivity contribution in [2.45, 2.75) is 57.8 Å².